The first kappa shape index (κ1) is 19.2. The highest BCUT2D eigenvalue weighted by Gasteiger charge is 2.25. The van der Waals surface area contributed by atoms with Gasteiger partial charge in [0, 0.05) is 57.1 Å². The molecule has 0 saturated carbocycles. The molecule has 5 nitrogen and oxygen atoms in total. The molecule has 4 rings (SSSR count). The molecule has 0 radical (unpaired) electrons. The van der Waals surface area contributed by atoms with Crippen molar-refractivity contribution >= 4 is 11.8 Å². The summed E-state index contributed by atoms with van der Waals surface area (Å²) in [4.78, 5) is 17.2. The van der Waals surface area contributed by atoms with Crippen LogP contribution in [0.25, 0.3) is 0 Å². The molecule has 5 heteroatoms. The molecular formula is C23H33N5. The number of piperazine rings is 1. The molecule has 2 fully saturated rings. The lowest BCUT2D eigenvalue weighted by Crippen LogP contribution is -2.46. The zero-order chi connectivity index (χ0) is 19.3. The fourth-order valence-corrected chi connectivity index (χ4v) is 4.49. The van der Waals surface area contributed by atoms with Crippen LogP contribution in [0.5, 0.6) is 0 Å². The number of hydrogen-bond acceptors (Lipinski definition) is 5. The second-order valence-corrected chi connectivity index (χ2v) is 8.17. The zero-order valence-corrected chi connectivity index (χ0v) is 17.3. The van der Waals surface area contributed by atoms with Gasteiger partial charge in [0.25, 0.3) is 0 Å². The van der Waals surface area contributed by atoms with Gasteiger partial charge in [-0.1, -0.05) is 37.3 Å². The van der Waals surface area contributed by atoms with E-state index in [4.69, 9.17) is 9.97 Å². The summed E-state index contributed by atoms with van der Waals surface area (Å²) in [7, 11) is 0. The monoisotopic (exact) mass is 379 g/mol. The van der Waals surface area contributed by atoms with Crippen molar-refractivity contribution in [2.45, 2.75) is 52.1 Å². The Morgan fingerprint density at radius 3 is 2.50 bits per heavy atom. The van der Waals surface area contributed by atoms with Crippen molar-refractivity contribution in [3.05, 3.63) is 47.7 Å². The lowest BCUT2D eigenvalue weighted by molar-refractivity contribution is 0.249. The van der Waals surface area contributed by atoms with Gasteiger partial charge >= 0.3 is 0 Å². The van der Waals surface area contributed by atoms with Crippen LogP contribution in [-0.4, -0.2) is 53.6 Å². The first-order chi connectivity index (χ1) is 13.7. The van der Waals surface area contributed by atoms with Crippen molar-refractivity contribution < 1.29 is 0 Å². The summed E-state index contributed by atoms with van der Waals surface area (Å²) in [5.41, 5.74) is 2.47. The van der Waals surface area contributed by atoms with Gasteiger partial charge in [-0.05, 0) is 38.2 Å². The highest BCUT2D eigenvalue weighted by Crippen LogP contribution is 2.26. The normalized spacial score (nSPS) is 21.1. The minimum absolute atomic E-state index is 0.589. The molecule has 0 bridgehead atoms. The van der Waals surface area contributed by atoms with Gasteiger partial charge in [0.05, 0.1) is 0 Å². The molecule has 2 saturated heterocycles. The number of aromatic nitrogens is 2. The number of rotatable bonds is 5. The fraction of sp³-hybridized carbons (Fsp3) is 0.565. The van der Waals surface area contributed by atoms with E-state index in [1.165, 1.54) is 31.2 Å². The van der Waals surface area contributed by atoms with Crippen LogP contribution in [0.4, 0.5) is 11.8 Å². The van der Waals surface area contributed by atoms with Crippen LogP contribution in [0.15, 0.2) is 36.4 Å². The maximum atomic E-state index is 5.01. The molecule has 2 aliphatic heterocycles. The highest BCUT2D eigenvalue weighted by atomic mass is 15.3. The van der Waals surface area contributed by atoms with Crippen molar-refractivity contribution in [1.82, 2.24) is 14.9 Å². The molecule has 3 heterocycles. The molecule has 1 unspecified atom stereocenters. The van der Waals surface area contributed by atoms with Gasteiger partial charge in [0.2, 0.25) is 5.95 Å². The van der Waals surface area contributed by atoms with E-state index in [0.29, 0.717) is 6.04 Å². The standard InChI is InChI=1S/C23H33N5/c1-3-21-11-7-8-12-28(21)23-24-19(2)17-22(25-23)27-15-13-26(14-16-27)18-20-9-5-4-6-10-20/h4-6,9-10,17,21H,3,7-8,11-16,18H2,1-2H3. The Labute approximate surface area is 169 Å². The third-order valence-corrected chi connectivity index (χ3v) is 6.13. The number of aryl methyl sites for hydroxylation is 1. The summed E-state index contributed by atoms with van der Waals surface area (Å²) in [6.45, 7) is 10.7. The molecule has 2 aromatic rings. The number of hydrogen-bond donors (Lipinski definition) is 0. The van der Waals surface area contributed by atoms with Crippen LogP contribution in [0, 0.1) is 6.92 Å². The molecular weight excluding hydrogens is 346 g/mol. The van der Waals surface area contributed by atoms with Crippen molar-refractivity contribution in [2.24, 2.45) is 0 Å². The quantitative estimate of drug-likeness (QED) is 0.788. The predicted octanol–water partition coefficient (Wildman–Crippen LogP) is 3.88. The number of benzene rings is 1. The fourth-order valence-electron chi connectivity index (χ4n) is 4.49. The Morgan fingerprint density at radius 2 is 1.75 bits per heavy atom. The van der Waals surface area contributed by atoms with E-state index < -0.39 is 0 Å². The molecule has 1 aromatic heterocycles. The Bertz CT molecular complexity index is 755. The van der Waals surface area contributed by atoms with E-state index in [2.05, 4.69) is 64.9 Å². The lowest BCUT2D eigenvalue weighted by atomic mass is 10.0. The van der Waals surface area contributed by atoms with Crippen molar-refractivity contribution in [3.63, 3.8) is 0 Å². The van der Waals surface area contributed by atoms with Gasteiger partial charge in [-0.15, -0.1) is 0 Å². The van der Waals surface area contributed by atoms with Gasteiger partial charge in [-0.3, -0.25) is 4.90 Å². The summed E-state index contributed by atoms with van der Waals surface area (Å²) in [5.74, 6) is 2.04. The topological polar surface area (TPSA) is 35.5 Å². The largest absolute Gasteiger partial charge is 0.354 e. The molecule has 28 heavy (non-hydrogen) atoms. The van der Waals surface area contributed by atoms with Crippen LogP contribution in [0.3, 0.4) is 0 Å². The number of piperidine rings is 1. The van der Waals surface area contributed by atoms with E-state index in [0.717, 1.165) is 56.7 Å². The highest BCUT2D eigenvalue weighted by molar-refractivity contribution is 5.47. The van der Waals surface area contributed by atoms with Gasteiger partial charge in [0.1, 0.15) is 5.82 Å². The summed E-state index contributed by atoms with van der Waals surface area (Å²) in [6, 6.07) is 13.5. The van der Waals surface area contributed by atoms with E-state index in [1.807, 2.05) is 0 Å². The van der Waals surface area contributed by atoms with Crippen molar-refractivity contribution in [1.29, 1.82) is 0 Å². The van der Waals surface area contributed by atoms with E-state index in [1.54, 1.807) is 0 Å². The summed E-state index contributed by atoms with van der Waals surface area (Å²) >= 11 is 0. The Hall–Kier alpha value is -2.14. The Kier molecular flexibility index (Phi) is 6.10. The lowest BCUT2D eigenvalue weighted by Gasteiger charge is -2.37. The van der Waals surface area contributed by atoms with E-state index >= 15 is 0 Å². The summed E-state index contributed by atoms with van der Waals surface area (Å²) in [6.07, 6.45) is 5.02. The number of nitrogens with zero attached hydrogens (tertiary/aromatic N) is 5. The first-order valence-corrected chi connectivity index (χ1v) is 10.9. The Balaban J connectivity index is 1.43. The second kappa shape index (κ2) is 8.91. The molecule has 1 atom stereocenters. The smallest absolute Gasteiger partial charge is 0.227 e. The summed E-state index contributed by atoms with van der Waals surface area (Å²) < 4.78 is 0. The van der Waals surface area contributed by atoms with Crippen molar-refractivity contribution in [2.75, 3.05) is 42.5 Å². The molecule has 0 aliphatic carbocycles. The van der Waals surface area contributed by atoms with Crippen LogP contribution >= 0.6 is 0 Å². The zero-order valence-electron chi connectivity index (χ0n) is 17.3. The third kappa shape index (κ3) is 4.46. The summed E-state index contributed by atoms with van der Waals surface area (Å²) in [5, 5.41) is 0. The van der Waals surface area contributed by atoms with E-state index in [9.17, 15) is 0 Å². The first-order valence-electron chi connectivity index (χ1n) is 10.9. The maximum Gasteiger partial charge on any atom is 0.227 e. The predicted molar refractivity (Wildman–Crippen MR) is 116 cm³/mol. The van der Waals surface area contributed by atoms with Gasteiger partial charge in [0.15, 0.2) is 0 Å². The number of anilines is 2. The maximum absolute atomic E-state index is 5.01. The van der Waals surface area contributed by atoms with E-state index in [-0.39, 0.29) is 0 Å². The van der Waals surface area contributed by atoms with Crippen LogP contribution in [-0.2, 0) is 6.54 Å². The average Bonchev–Trinajstić information content (AvgIpc) is 2.74. The van der Waals surface area contributed by atoms with Gasteiger partial charge in [-0.25, -0.2) is 4.98 Å². The molecule has 2 aliphatic rings. The average molecular weight is 380 g/mol. The van der Waals surface area contributed by atoms with Gasteiger partial charge in [-0.2, -0.15) is 4.98 Å². The SMILES string of the molecule is CCC1CCCCN1c1nc(C)cc(N2CCN(Cc3ccccc3)CC2)n1. The van der Waals surface area contributed by atoms with Gasteiger partial charge < -0.3 is 9.80 Å². The molecule has 0 amide bonds. The molecule has 150 valence electrons. The third-order valence-electron chi connectivity index (χ3n) is 6.13. The van der Waals surface area contributed by atoms with Crippen LogP contribution in [0.1, 0.15) is 43.9 Å². The molecule has 1 aromatic carbocycles. The van der Waals surface area contributed by atoms with Crippen LogP contribution in [0.2, 0.25) is 0 Å². The van der Waals surface area contributed by atoms with Crippen LogP contribution < -0.4 is 9.80 Å². The van der Waals surface area contributed by atoms with Crippen molar-refractivity contribution in [3.8, 4) is 0 Å². The molecule has 0 spiro atoms. The Morgan fingerprint density at radius 1 is 0.964 bits per heavy atom. The second-order valence-electron chi connectivity index (χ2n) is 8.17. The molecule has 0 N–H and O–H groups in total. The minimum Gasteiger partial charge on any atom is -0.354 e. The minimum atomic E-state index is 0.589.